The van der Waals surface area contributed by atoms with Crippen LogP contribution < -0.4 is 19.9 Å². The normalized spacial score (nSPS) is 13.5. The van der Waals surface area contributed by atoms with Crippen molar-refractivity contribution >= 4 is 34.4 Å². The van der Waals surface area contributed by atoms with E-state index in [2.05, 4.69) is 24.1 Å². The van der Waals surface area contributed by atoms with Crippen LogP contribution >= 0.6 is 0 Å². The fourth-order valence-corrected chi connectivity index (χ4v) is 4.00. The average Bonchev–Trinajstić information content (AvgIpc) is 3.10. The SMILES string of the molecule is CCN(CC)c1ccc(NC2=C(c3ccc(F)cc3)C(=O)N(c3cccc(OC)c3)C2=O)cc1. The van der Waals surface area contributed by atoms with Crippen LogP contribution in [-0.2, 0) is 9.59 Å². The quantitative estimate of drug-likeness (QED) is 0.476. The molecule has 1 aliphatic heterocycles. The van der Waals surface area contributed by atoms with Crippen LogP contribution in [0.15, 0.2) is 78.5 Å². The maximum Gasteiger partial charge on any atom is 0.282 e. The number of methoxy groups -OCH3 is 1. The summed E-state index contributed by atoms with van der Waals surface area (Å²) < 4.78 is 18.8. The largest absolute Gasteiger partial charge is 0.497 e. The van der Waals surface area contributed by atoms with Gasteiger partial charge in [-0.15, -0.1) is 0 Å². The van der Waals surface area contributed by atoms with Crippen LogP contribution in [0.25, 0.3) is 5.57 Å². The second-order valence-corrected chi connectivity index (χ2v) is 7.75. The first-order valence-electron chi connectivity index (χ1n) is 11.1. The van der Waals surface area contributed by atoms with Crippen molar-refractivity contribution in [2.75, 3.05) is 35.3 Å². The number of amides is 2. The van der Waals surface area contributed by atoms with Gasteiger partial charge in [0, 0.05) is 30.5 Å². The zero-order valence-electron chi connectivity index (χ0n) is 19.3. The lowest BCUT2D eigenvalue weighted by Crippen LogP contribution is -2.32. The van der Waals surface area contributed by atoms with Gasteiger partial charge >= 0.3 is 0 Å². The molecule has 1 N–H and O–H groups in total. The first-order chi connectivity index (χ1) is 16.5. The van der Waals surface area contributed by atoms with Crippen LogP contribution in [0.1, 0.15) is 19.4 Å². The minimum absolute atomic E-state index is 0.134. The summed E-state index contributed by atoms with van der Waals surface area (Å²) >= 11 is 0. The molecule has 2 amide bonds. The molecule has 0 aromatic heterocycles. The first kappa shape index (κ1) is 23.0. The van der Waals surface area contributed by atoms with Gasteiger partial charge in [0.05, 0.1) is 18.4 Å². The van der Waals surface area contributed by atoms with Gasteiger partial charge in [-0.25, -0.2) is 9.29 Å². The third-order valence-corrected chi connectivity index (χ3v) is 5.79. The van der Waals surface area contributed by atoms with Crippen LogP contribution in [0.5, 0.6) is 5.75 Å². The third kappa shape index (κ3) is 4.37. The topological polar surface area (TPSA) is 61.9 Å². The summed E-state index contributed by atoms with van der Waals surface area (Å²) in [6, 6.07) is 19.9. The number of hydrogen-bond acceptors (Lipinski definition) is 5. The van der Waals surface area contributed by atoms with Crippen molar-refractivity contribution in [2.24, 2.45) is 0 Å². The molecule has 0 spiro atoms. The van der Waals surface area contributed by atoms with E-state index >= 15 is 0 Å². The van der Waals surface area contributed by atoms with E-state index in [-0.39, 0.29) is 11.3 Å². The van der Waals surface area contributed by atoms with Crippen LogP contribution in [-0.4, -0.2) is 32.0 Å². The summed E-state index contributed by atoms with van der Waals surface area (Å²) in [4.78, 5) is 30.3. The first-order valence-corrected chi connectivity index (χ1v) is 11.1. The Balaban J connectivity index is 1.74. The van der Waals surface area contributed by atoms with E-state index in [0.29, 0.717) is 22.7 Å². The molecule has 6 nitrogen and oxygen atoms in total. The average molecular weight is 460 g/mol. The lowest BCUT2D eigenvalue weighted by atomic mass is 10.0. The summed E-state index contributed by atoms with van der Waals surface area (Å²) in [5.74, 6) is -0.889. The second-order valence-electron chi connectivity index (χ2n) is 7.75. The number of nitrogens with zero attached hydrogens (tertiary/aromatic N) is 2. The fourth-order valence-electron chi connectivity index (χ4n) is 4.00. The van der Waals surface area contributed by atoms with E-state index < -0.39 is 17.6 Å². The summed E-state index contributed by atoms with van der Waals surface area (Å²) in [7, 11) is 1.52. The van der Waals surface area contributed by atoms with Gasteiger partial charge in [-0.05, 0) is 67.9 Å². The molecule has 0 radical (unpaired) electrons. The van der Waals surface area contributed by atoms with Crippen molar-refractivity contribution < 1.29 is 18.7 Å². The Hall–Kier alpha value is -4.13. The second kappa shape index (κ2) is 9.79. The van der Waals surface area contributed by atoms with E-state index in [1.165, 1.54) is 31.4 Å². The highest BCUT2D eigenvalue weighted by atomic mass is 19.1. The summed E-state index contributed by atoms with van der Waals surface area (Å²) in [6.07, 6.45) is 0. The minimum atomic E-state index is -0.495. The summed E-state index contributed by atoms with van der Waals surface area (Å²) in [5, 5.41) is 3.14. The maximum absolute atomic E-state index is 13.6. The molecule has 1 heterocycles. The molecule has 0 atom stereocenters. The monoisotopic (exact) mass is 459 g/mol. The third-order valence-electron chi connectivity index (χ3n) is 5.79. The molecule has 1 aliphatic rings. The van der Waals surface area contributed by atoms with Gasteiger partial charge < -0.3 is 15.0 Å². The Kier molecular flexibility index (Phi) is 6.63. The maximum atomic E-state index is 13.6. The van der Waals surface area contributed by atoms with E-state index in [4.69, 9.17) is 4.74 Å². The predicted molar refractivity (Wildman–Crippen MR) is 132 cm³/mol. The number of carbonyl (C=O) groups excluding carboxylic acids is 2. The van der Waals surface area contributed by atoms with Crippen molar-refractivity contribution in [3.8, 4) is 5.75 Å². The van der Waals surface area contributed by atoms with Gasteiger partial charge in [0.15, 0.2) is 0 Å². The number of rotatable bonds is 8. The summed E-state index contributed by atoms with van der Waals surface area (Å²) in [5.41, 5.74) is 2.89. The van der Waals surface area contributed by atoms with Gasteiger partial charge in [0.2, 0.25) is 0 Å². The number of imide groups is 1. The van der Waals surface area contributed by atoms with Gasteiger partial charge in [-0.1, -0.05) is 18.2 Å². The van der Waals surface area contributed by atoms with Crippen molar-refractivity contribution in [1.29, 1.82) is 0 Å². The molecule has 0 saturated heterocycles. The predicted octanol–water partition coefficient (Wildman–Crippen LogP) is 5.08. The number of nitrogens with one attached hydrogen (secondary N) is 1. The van der Waals surface area contributed by atoms with E-state index in [0.717, 1.165) is 23.7 Å². The molecule has 3 aromatic rings. The molecule has 0 fully saturated rings. The van der Waals surface area contributed by atoms with Crippen LogP contribution in [0.3, 0.4) is 0 Å². The number of benzene rings is 3. The highest BCUT2D eigenvalue weighted by molar-refractivity contribution is 6.46. The van der Waals surface area contributed by atoms with Crippen LogP contribution in [0.2, 0.25) is 0 Å². The van der Waals surface area contributed by atoms with Gasteiger partial charge in [0.1, 0.15) is 17.3 Å². The van der Waals surface area contributed by atoms with Crippen molar-refractivity contribution in [1.82, 2.24) is 0 Å². The van der Waals surface area contributed by atoms with Gasteiger partial charge in [-0.2, -0.15) is 0 Å². The lowest BCUT2D eigenvalue weighted by Gasteiger charge is -2.21. The van der Waals surface area contributed by atoms with Crippen molar-refractivity contribution in [3.05, 3.63) is 89.9 Å². The summed E-state index contributed by atoms with van der Waals surface area (Å²) in [6.45, 7) is 5.94. The van der Waals surface area contributed by atoms with E-state index in [1.54, 1.807) is 24.3 Å². The lowest BCUT2D eigenvalue weighted by molar-refractivity contribution is -0.120. The highest BCUT2D eigenvalue weighted by Gasteiger charge is 2.40. The van der Waals surface area contributed by atoms with Crippen molar-refractivity contribution in [2.45, 2.75) is 13.8 Å². The number of hydrogen-bond donors (Lipinski definition) is 1. The Morgan fingerprint density at radius 2 is 1.59 bits per heavy atom. The Bertz CT molecular complexity index is 1230. The molecular weight excluding hydrogens is 433 g/mol. The fraction of sp³-hybridized carbons (Fsp3) is 0.185. The van der Waals surface area contributed by atoms with Crippen LogP contribution in [0.4, 0.5) is 21.5 Å². The van der Waals surface area contributed by atoms with Gasteiger partial charge in [0.25, 0.3) is 11.8 Å². The van der Waals surface area contributed by atoms with E-state index in [9.17, 15) is 14.0 Å². The number of halogens is 1. The zero-order chi connectivity index (χ0) is 24.2. The Morgan fingerprint density at radius 1 is 0.912 bits per heavy atom. The smallest absolute Gasteiger partial charge is 0.282 e. The Morgan fingerprint density at radius 3 is 2.21 bits per heavy atom. The van der Waals surface area contributed by atoms with Gasteiger partial charge in [-0.3, -0.25) is 9.59 Å². The molecule has 0 aliphatic carbocycles. The number of carbonyl (C=O) groups is 2. The molecule has 4 rings (SSSR count). The number of anilines is 3. The standard InChI is InChI=1S/C27H26FN3O3/c1-4-30(5-2)21-15-13-20(14-16-21)29-25-24(18-9-11-19(28)12-10-18)26(32)31(27(25)33)22-7-6-8-23(17-22)34-3/h6-17,29H,4-5H2,1-3H3. The molecule has 0 unspecified atom stereocenters. The molecule has 34 heavy (non-hydrogen) atoms. The molecular formula is C27H26FN3O3. The Labute approximate surface area is 198 Å². The number of ether oxygens (including phenoxy) is 1. The molecule has 0 bridgehead atoms. The zero-order valence-corrected chi connectivity index (χ0v) is 19.3. The molecule has 0 saturated carbocycles. The molecule has 3 aromatic carbocycles. The molecule has 174 valence electrons. The molecule has 7 heteroatoms. The van der Waals surface area contributed by atoms with E-state index in [1.807, 2.05) is 24.3 Å². The van der Waals surface area contributed by atoms with Crippen molar-refractivity contribution in [3.63, 3.8) is 0 Å². The highest BCUT2D eigenvalue weighted by Crippen LogP contribution is 2.35. The minimum Gasteiger partial charge on any atom is -0.497 e. The van der Waals surface area contributed by atoms with Crippen LogP contribution in [0, 0.1) is 5.82 Å².